The minimum Gasteiger partial charge on any atom is -0.389 e. The smallest absolute Gasteiger partial charge is 0.322 e. The van der Waals surface area contributed by atoms with Crippen molar-refractivity contribution in [2.75, 3.05) is 25.1 Å². The summed E-state index contributed by atoms with van der Waals surface area (Å²) >= 11 is 12.0. The van der Waals surface area contributed by atoms with E-state index in [4.69, 9.17) is 32.7 Å². The van der Waals surface area contributed by atoms with Crippen LogP contribution in [0.2, 0.25) is 10.0 Å². The quantitative estimate of drug-likeness (QED) is 0.607. The number of fused-ring (bicyclic) bond motifs is 1. The Morgan fingerprint density at radius 3 is 2.66 bits per heavy atom. The number of carbonyl (C=O) groups excluding carboxylic acids is 2. The number of benzene rings is 1. The summed E-state index contributed by atoms with van der Waals surface area (Å²) in [5, 5.41) is 16.9. The van der Waals surface area contributed by atoms with Gasteiger partial charge in [-0.2, -0.15) is 0 Å². The van der Waals surface area contributed by atoms with Gasteiger partial charge in [-0.3, -0.25) is 4.79 Å². The van der Waals surface area contributed by atoms with Gasteiger partial charge in [0.25, 0.3) is 0 Å². The molecule has 1 saturated carbocycles. The largest absolute Gasteiger partial charge is 0.389 e. The Bertz CT molecular complexity index is 838. The number of hydrogen-bond acceptors (Lipinski definition) is 5. The lowest BCUT2D eigenvalue weighted by Crippen LogP contribution is -2.58. The van der Waals surface area contributed by atoms with Gasteiger partial charge in [0, 0.05) is 11.7 Å². The zero-order valence-electron chi connectivity index (χ0n) is 17.8. The molecule has 8 nitrogen and oxygen atoms in total. The molecule has 3 aliphatic rings. The van der Waals surface area contributed by atoms with Gasteiger partial charge in [-0.05, 0) is 50.3 Å². The number of hydrogen-bond donors (Lipinski definition) is 3. The Morgan fingerprint density at radius 1 is 1.12 bits per heavy atom. The number of carbonyl (C=O) groups is 2. The van der Waals surface area contributed by atoms with Gasteiger partial charge < -0.3 is 30.1 Å². The van der Waals surface area contributed by atoms with Crippen molar-refractivity contribution >= 4 is 40.8 Å². The lowest BCUT2D eigenvalue weighted by atomic mass is 9.92. The predicted octanol–water partition coefficient (Wildman–Crippen LogP) is 3.19. The summed E-state index contributed by atoms with van der Waals surface area (Å²) in [5.74, 6) is 0.00884. The first-order chi connectivity index (χ1) is 15.4. The third-order valence-corrected chi connectivity index (χ3v) is 7.04. The van der Waals surface area contributed by atoms with Crippen molar-refractivity contribution in [3.63, 3.8) is 0 Å². The minimum atomic E-state index is -0.804. The highest BCUT2D eigenvalue weighted by Crippen LogP contribution is 2.30. The van der Waals surface area contributed by atoms with Crippen LogP contribution in [0.5, 0.6) is 0 Å². The fourth-order valence-electron chi connectivity index (χ4n) is 4.39. The van der Waals surface area contributed by atoms with E-state index in [1.807, 2.05) is 0 Å². The number of nitrogens with one attached hydrogen (secondary N) is 2. The molecule has 1 aromatic carbocycles. The fraction of sp³-hybridized carbons (Fsp3) is 0.636. The van der Waals surface area contributed by atoms with E-state index in [9.17, 15) is 14.7 Å². The van der Waals surface area contributed by atoms with Gasteiger partial charge in [-0.25, -0.2) is 4.79 Å². The molecule has 0 aromatic heterocycles. The number of halogens is 2. The fourth-order valence-corrected chi connectivity index (χ4v) is 4.69. The molecule has 0 radical (unpaired) electrons. The number of anilines is 1. The molecule has 2 aliphatic heterocycles. The van der Waals surface area contributed by atoms with Gasteiger partial charge >= 0.3 is 6.03 Å². The zero-order valence-corrected chi connectivity index (χ0v) is 19.3. The van der Waals surface area contributed by atoms with Crippen LogP contribution in [0.25, 0.3) is 0 Å². The molecule has 4 rings (SSSR count). The molecule has 3 amide bonds. The van der Waals surface area contributed by atoms with Gasteiger partial charge in [0.2, 0.25) is 5.91 Å². The zero-order chi connectivity index (χ0) is 22.7. The van der Waals surface area contributed by atoms with E-state index < -0.39 is 6.10 Å². The van der Waals surface area contributed by atoms with Crippen molar-refractivity contribution in [2.45, 2.75) is 68.9 Å². The van der Waals surface area contributed by atoms with Gasteiger partial charge in [-0.15, -0.1) is 0 Å². The van der Waals surface area contributed by atoms with Crippen LogP contribution in [0.1, 0.15) is 38.5 Å². The molecule has 1 aromatic rings. The Hall–Kier alpha value is -1.58. The first-order valence-corrected chi connectivity index (χ1v) is 11.9. The van der Waals surface area contributed by atoms with Crippen LogP contribution in [0.4, 0.5) is 10.5 Å². The molecular formula is C22H29Cl2N3O5. The summed E-state index contributed by atoms with van der Waals surface area (Å²) in [6.45, 7) is 0.472. The maximum Gasteiger partial charge on any atom is 0.322 e. The average molecular weight is 486 g/mol. The number of urea groups is 1. The number of β-amino-alcohol motifs (C(OH)–C–C–N with tert-alkyl or cyclic N) is 1. The van der Waals surface area contributed by atoms with E-state index in [0.29, 0.717) is 41.0 Å². The molecule has 10 heteroatoms. The number of nitrogens with zero attached hydrogens (tertiary/aromatic N) is 1. The molecule has 3 N–H and O–H groups in total. The van der Waals surface area contributed by atoms with Crippen molar-refractivity contribution in [1.82, 2.24) is 10.2 Å². The standard InChI is InChI=1S/C22H29Cl2N3O5/c23-17-6-4-14(8-18(17)24)26-22(30)27-10-15(28)11-31-12-20-19(27)7-5-16(32-20)9-21(29)25-13-2-1-3-13/h4,6,8,13,15-16,19-20,28H,1-3,5,7,9-12H2,(H,25,29)(H,26,30)/t15-,16-,19+,20-/m1/s1. The summed E-state index contributed by atoms with van der Waals surface area (Å²) < 4.78 is 11.8. The summed E-state index contributed by atoms with van der Waals surface area (Å²) in [4.78, 5) is 27.0. The van der Waals surface area contributed by atoms with E-state index in [1.54, 1.807) is 23.1 Å². The Morgan fingerprint density at radius 2 is 1.94 bits per heavy atom. The van der Waals surface area contributed by atoms with Crippen molar-refractivity contribution in [2.24, 2.45) is 0 Å². The molecule has 3 fully saturated rings. The third kappa shape index (κ3) is 5.85. The minimum absolute atomic E-state index is 0.00884. The number of aliphatic hydroxyl groups excluding tert-OH is 1. The second-order valence-corrected chi connectivity index (χ2v) is 9.56. The molecule has 0 spiro atoms. The Balaban J connectivity index is 1.40. The van der Waals surface area contributed by atoms with Gasteiger partial charge in [0.15, 0.2) is 0 Å². The molecule has 4 atom stereocenters. The van der Waals surface area contributed by atoms with Gasteiger partial charge in [0.1, 0.15) is 6.10 Å². The first-order valence-electron chi connectivity index (χ1n) is 11.1. The van der Waals surface area contributed by atoms with E-state index in [-0.39, 0.29) is 49.9 Å². The van der Waals surface area contributed by atoms with Crippen LogP contribution in [0.3, 0.4) is 0 Å². The van der Waals surface area contributed by atoms with E-state index >= 15 is 0 Å². The predicted molar refractivity (Wildman–Crippen MR) is 121 cm³/mol. The summed E-state index contributed by atoms with van der Waals surface area (Å²) in [7, 11) is 0. The maximum absolute atomic E-state index is 13.1. The van der Waals surface area contributed by atoms with Crippen LogP contribution in [-0.4, -0.2) is 72.1 Å². The molecular weight excluding hydrogens is 457 g/mol. The molecule has 0 bridgehead atoms. The highest BCUT2D eigenvalue weighted by molar-refractivity contribution is 6.42. The van der Waals surface area contributed by atoms with E-state index in [0.717, 1.165) is 19.3 Å². The number of aliphatic hydroxyl groups is 1. The van der Waals surface area contributed by atoms with Crippen molar-refractivity contribution < 1.29 is 24.2 Å². The topological polar surface area (TPSA) is 100 Å². The molecule has 0 unspecified atom stereocenters. The normalized spacial score (nSPS) is 28.7. The SMILES string of the molecule is O=C(C[C@H]1CC[C@H]2[C@@H](COC[C@H](O)CN2C(=O)Nc2ccc(Cl)c(Cl)c2)O1)NC1CCC1. The van der Waals surface area contributed by atoms with Crippen molar-refractivity contribution in [1.29, 1.82) is 0 Å². The van der Waals surface area contributed by atoms with E-state index in [1.165, 1.54) is 0 Å². The van der Waals surface area contributed by atoms with Crippen LogP contribution in [0, 0.1) is 0 Å². The highest BCUT2D eigenvalue weighted by atomic mass is 35.5. The van der Waals surface area contributed by atoms with Crippen LogP contribution in [-0.2, 0) is 14.3 Å². The number of amides is 3. The summed E-state index contributed by atoms with van der Waals surface area (Å²) in [6.07, 6.45) is 3.45. The van der Waals surface area contributed by atoms with Crippen molar-refractivity contribution in [3.8, 4) is 0 Å². The van der Waals surface area contributed by atoms with Crippen LogP contribution in [0.15, 0.2) is 18.2 Å². The lowest BCUT2D eigenvalue weighted by molar-refractivity contribution is -0.150. The molecule has 1 aliphatic carbocycles. The second kappa shape index (κ2) is 10.6. The van der Waals surface area contributed by atoms with Crippen LogP contribution < -0.4 is 10.6 Å². The van der Waals surface area contributed by atoms with E-state index in [2.05, 4.69) is 10.6 Å². The highest BCUT2D eigenvalue weighted by Gasteiger charge is 2.40. The maximum atomic E-state index is 13.1. The molecule has 32 heavy (non-hydrogen) atoms. The summed E-state index contributed by atoms with van der Waals surface area (Å²) in [5.41, 5.74) is 0.510. The average Bonchev–Trinajstić information content (AvgIpc) is 2.71. The molecule has 176 valence electrons. The van der Waals surface area contributed by atoms with Crippen molar-refractivity contribution in [3.05, 3.63) is 28.2 Å². The Kier molecular flexibility index (Phi) is 7.78. The second-order valence-electron chi connectivity index (χ2n) is 8.74. The van der Waals surface area contributed by atoms with Crippen LogP contribution >= 0.6 is 23.2 Å². The lowest BCUT2D eigenvalue weighted by Gasteiger charge is -2.44. The molecule has 2 saturated heterocycles. The molecule has 2 heterocycles. The van der Waals surface area contributed by atoms with Gasteiger partial charge in [-0.1, -0.05) is 23.2 Å². The number of ether oxygens (including phenoxy) is 2. The Labute approximate surface area is 197 Å². The first kappa shape index (κ1) is 23.6. The summed E-state index contributed by atoms with van der Waals surface area (Å²) in [6, 6.07) is 4.52. The monoisotopic (exact) mass is 485 g/mol. The number of rotatable bonds is 4. The van der Waals surface area contributed by atoms with Gasteiger partial charge in [0.05, 0.1) is 54.5 Å². The third-order valence-electron chi connectivity index (χ3n) is 6.30.